The van der Waals surface area contributed by atoms with Crippen LogP contribution < -0.4 is 9.62 Å². The van der Waals surface area contributed by atoms with Gasteiger partial charge in [0.2, 0.25) is 10.0 Å². The highest BCUT2D eigenvalue weighted by Crippen LogP contribution is 2.39. The van der Waals surface area contributed by atoms with Crippen LogP contribution in [0.25, 0.3) is 10.8 Å². The minimum Gasteiger partial charge on any atom is -0.385 e. The number of benzene rings is 2. The maximum atomic E-state index is 12.6. The molecule has 128 valence electrons. The fourth-order valence-electron chi connectivity index (χ4n) is 3.07. The summed E-state index contributed by atoms with van der Waals surface area (Å²) < 4.78 is 32.8. The Morgan fingerprint density at radius 3 is 2.71 bits per heavy atom. The second kappa shape index (κ2) is 6.51. The summed E-state index contributed by atoms with van der Waals surface area (Å²) in [4.78, 5) is 14.3. The lowest BCUT2D eigenvalue weighted by atomic mass is 10.1. The molecule has 1 amide bonds. The molecular weight excluding hydrogens is 328 g/mol. The van der Waals surface area contributed by atoms with E-state index < -0.39 is 10.0 Å². The van der Waals surface area contributed by atoms with E-state index in [1.165, 1.54) is 0 Å². The molecule has 6 nitrogen and oxygen atoms in total. The van der Waals surface area contributed by atoms with Crippen LogP contribution in [-0.2, 0) is 14.8 Å². The second-order valence-electron chi connectivity index (χ2n) is 5.60. The second-order valence-corrected chi connectivity index (χ2v) is 7.34. The Labute approximate surface area is 141 Å². The maximum absolute atomic E-state index is 12.6. The van der Waals surface area contributed by atoms with E-state index in [9.17, 15) is 13.2 Å². The normalized spacial score (nSPS) is 13.9. The van der Waals surface area contributed by atoms with Gasteiger partial charge in [-0.15, -0.1) is 0 Å². The molecule has 0 unspecified atom stereocenters. The molecule has 0 bridgehead atoms. The number of hydrogen-bond acceptors (Lipinski definition) is 4. The van der Waals surface area contributed by atoms with Gasteiger partial charge < -0.3 is 9.64 Å². The van der Waals surface area contributed by atoms with Gasteiger partial charge in [-0.25, -0.2) is 13.1 Å². The van der Waals surface area contributed by atoms with E-state index >= 15 is 0 Å². The Bertz CT molecular complexity index is 893. The van der Waals surface area contributed by atoms with Crippen LogP contribution in [0.3, 0.4) is 0 Å². The van der Waals surface area contributed by atoms with Crippen molar-refractivity contribution < 1.29 is 17.9 Å². The van der Waals surface area contributed by atoms with Crippen molar-refractivity contribution in [2.75, 3.05) is 31.7 Å². The number of anilines is 1. The number of nitrogens with zero attached hydrogens (tertiary/aromatic N) is 1. The molecule has 0 radical (unpaired) electrons. The molecule has 0 saturated carbocycles. The van der Waals surface area contributed by atoms with Gasteiger partial charge >= 0.3 is 0 Å². The Morgan fingerprint density at radius 1 is 1.21 bits per heavy atom. The molecule has 2 aromatic carbocycles. The van der Waals surface area contributed by atoms with Crippen molar-refractivity contribution in [1.82, 2.24) is 4.72 Å². The van der Waals surface area contributed by atoms with Gasteiger partial charge in [0, 0.05) is 43.1 Å². The number of amides is 1. The fourth-order valence-corrected chi connectivity index (χ4v) is 4.34. The molecule has 0 atom stereocenters. The third-order valence-electron chi connectivity index (χ3n) is 4.17. The average Bonchev–Trinajstić information content (AvgIpc) is 2.85. The van der Waals surface area contributed by atoms with Crippen LogP contribution in [0.1, 0.15) is 23.7 Å². The molecular formula is C17H20N2O4S. The summed E-state index contributed by atoms with van der Waals surface area (Å²) in [7, 11) is -2.07. The number of hydrogen-bond donors (Lipinski definition) is 1. The molecule has 1 N–H and O–H groups in total. The van der Waals surface area contributed by atoms with E-state index in [-0.39, 0.29) is 10.8 Å². The molecule has 3 rings (SSSR count). The topological polar surface area (TPSA) is 75.7 Å². The van der Waals surface area contributed by atoms with Crippen LogP contribution in [0.2, 0.25) is 0 Å². The van der Waals surface area contributed by atoms with Gasteiger partial charge in [-0.3, -0.25) is 4.79 Å². The highest BCUT2D eigenvalue weighted by molar-refractivity contribution is 7.89. The van der Waals surface area contributed by atoms with E-state index in [2.05, 4.69) is 4.72 Å². The smallest absolute Gasteiger partial charge is 0.258 e. The molecule has 0 aliphatic carbocycles. The molecule has 7 heteroatoms. The Kier molecular flexibility index (Phi) is 4.58. The van der Waals surface area contributed by atoms with Crippen molar-refractivity contribution in [2.24, 2.45) is 0 Å². The molecule has 0 fully saturated rings. The number of carbonyl (C=O) groups excluding carboxylic acids is 1. The minimum atomic E-state index is -3.65. The summed E-state index contributed by atoms with van der Waals surface area (Å²) in [5.41, 5.74) is 1.33. The first-order valence-electron chi connectivity index (χ1n) is 7.87. The van der Waals surface area contributed by atoms with Crippen LogP contribution >= 0.6 is 0 Å². The summed E-state index contributed by atoms with van der Waals surface area (Å²) in [5, 5.41) is 1.29. The SMILES string of the molecule is CCN1C(=O)c2cccc3c(S(=O)(=O)NCCCOC)ccc1c23. The predicted molar refractivity (Wildman–Crippen MR) is 93.0 cm³/mol. The summed E-state index contributed by atoms with van der Waals surface area (Å²) in [6, 6.07) is 8.50. The molecule has 0 spiro atoms. The van der Waals surface area contributed by atoms with E-state index in [1.54, 1.807) is 42.3 Å². The van der Waals surface area contributed by atoms with E-state index in [0.717, 1.165) is 5.69 Å². The number of rotatable bonds is 7. The van der Waals surface area contributed by atoms with Gasteiger partial charge in [0.1, 0.15) is 0 Å². The summed E-state index contributed by atoms with van der Waals surface area (Å²) in [5.74, 6) is -0.0827. The van der Waals surface area contributed by atoms with Gasteiger partial charge in [-0.1, -0.05) is 12.1 Å². The standard InChI is InChI=1S/C17H20N2O4S/c1-3-19-14-8-9-15(24(21,22)18-10-5-11-23-2)12-6-4-7-13(16(12)14)17(19)20/h4,6-9,18H,3,5,10-11H2,1-2H3. The largest absolute Gasteiger partial charge is 0.385 e. The quantitative estimate of drug-likeness (QED) is 0.778. The molecule has 1 heterocycles. The van der Waals surface area contributed by atoms with Crippen LogP contribution in [0, 0.1) is 0 Å². The summed E-state index contributed by atoms with van der Waals surface area (Å²) in [6.45, 7) is 3.24. The number of methoxy groups -OCH3 is 1. The highest BCUT2D eigenvalue weighted by atomic mass is 32.2. The predicted octanol–water partition coefficient (Wildman–Crippen LogP) is 2.13. The lowest BCUT2D eigenvalue weighted by Gasteiger charge is -2.15. The molecule has 24 heavy (non-hydrogen) atoms. The first kappa shape index (κ1) is 16.9. The number of carbonyl (C=O) groups is 1. The third-order valence-corrected chi connectivity index (χ3v) is 5.69. The van der Waals surface area contributed by atoms with Gasteiger partial charge in [0.25, 0.3) is 5.91 Å². The fraction of sp³-hybridized carbons (Fsp3) is 0.353. The first-order chi connectivity index (χ1) is 11.5. The average molecular weight is 348 g/mol. The zero-order valence-corrected chi connectivity index (χ0v) is 14.5. The van der Waals surface area contributed by atoms with Crippen LogP contribution in [0.4, 0.5) is 5.69 Å². The lowest BCUT2D eigenvalue weighted by Crippen LogP contribution is -2.26. The highest BCUT2D eigenvalue weighted by Gasteiger charge is 2.31. The van der Waals surface area contributed by atoms with Crippen LogP contribution in [0.5, 0.6) is 0 Å². The van der Waals surface area contributed by atoms with Crippen molar-refractivity contribution in [2.45, 2.75) is 18.2 Å². The van der Waals surface area contributed by atoms with Crippen molar-refractivity contribution in [1.29, 1.82) is 0 Å². The minimum absolute atomic E-state index is 0.0827. The zero-order chi connectivity index (χ0) is 17.3. The van der Waals surface area contributed by atoms with E-state index in [1.807, 2.05) is 6.92 Å². The lowest BCUT2D eigenvalue weighted by molar-refractivity contribution is 0.0994. The van der Waals surface area contributed by atoms with Crippen LogP contribution in [-0.4, -0.2) is 41.1 Å². The first-order valence-corrected chi connectivity index (χ1v) is 9.35. The van der Waals surface area contributed by atoms with Gasteiger partial charge in [0.15, 0.2) is 0 Å². The van der Waals surface area contributed by atoms with Gasteiger partial charge in [-0.2, -0.15) is 0 Å². The number of sulfonamides is 1. The van der Waals surface area contributed by atoms with E-state index in [4.69, 9.17) is 4.74 Å². The Balaban J connectivity index is 2.06. The van der Waals surface area contributed by atoms with Gasteiger partial charge in [0.05, 0.1) is 10.6 Å². The zero-order valence-electron chi connectivity index (χ0n) is 13.7. The van der Waals surface area contributed by atoms with Crippen molar-refractivity contribution in [3.8, 4) is 0 Å². The molecule has 1 aliphatic rings. The molecule has 2 aromatic rings. The van der Waals surface area contributed by atoms with E-state index in [0.29, 0.717) is 42.5 Å². The van der Waals surface area contributed by atoms with Crippen LogP contribution in [0.15, 0.2) is 35.2 Å². The molecule has 1 aliphatic heterocycles. The van der Waals surface area contributed by atoms with Crippen molar-refractivity contribution in [3.05, 3.63) is 35.9 Å². The summed E-state index contributed by atoms with van der Waals surface area (Å²) >= 11 is 0. The summed E-state index contributed by atoms with van der Waals surface area (Å²) in [6.07, 6.45) is 0.596. The third kappa shape index (κ3) is 2.68. The monoisotopic (exact) mass is 348 g/mol. The Morgan fingerprint density at radius 2 is 2.00 bits per heavy atom. The van der Waals surface area contributed by atoms with Gasteiger partial charge in [-0.05, 0) is 31.5 Å². The number of ether oxygens (including phenoxy) is 1. The van der Waals surface area contributed by atoms with Crippen molar-refractivity contribution in [3.63, 3.8) is 0 Å². The Hall–Kier alpha value is -1.96. The number of nitrogens with one attached hydrogen (secondary N) is 1. The molecule has 0 aromatic heterocycles. The maximum Gasteiger partial charge on any atom is 0.258 e. The molecule has 0 saturated heterocycles. The van der Waals surface area contributed by atoms with Crippen molar-refractivity contribution >= 4 is 32.4 Å².